The van der Waals surface area contributed by atoms with Crippen molar-refractivity contribution < 1.29 is 9.53 Å². The lowest BCUT2D eigenvalue weighted by molar-refractivity contribution is 0.0946. The van der Waals surface area contributed by atoms with E-state index in [0.717, 1.165) is 39.1 Å². The SMILES string of the molecule is CCN(CC)CCNC(=O)c1cc(Br)c(N)cc1OC.CN(C)CCc1c[nH]c2ccc(Cn3cncn3)cc12. The highest BCUT2D eigenvalue weighted by molar-refractivity contribution is 9.10. The number of ether oxygens (including phenoxy) is 1. The Labute approximate surface area is 245 Å². The van der Waals surface area contributed by atoms with Gasteiger partial charge in [0.15, 0.2) is 0 Å². The molecule has 40 heavy (non-hydrogen) atoms. The first-order valence-corrected chi connectivity index (χ1v) is 14.2. The molecule has 0 aliphatic rings. The van der Waals surface area contributed by atoms with Crippen molar-refractivity contribution in [2.75, 3.05) is 59.7 Å². The van der Waals surface area contributed by atoms with Gasteiger partial charge in [0, 0.05) is 53.0 Å². The number of hydrogen-bond acceptors (Lipinski definition) is 7. The quantitative estimate of drug-likeness (QED) is 0.207. The molecule has 216 valence electrons. The van der Waals surface area contributed by atoms with Crippen LogP contribution in [0.25, 0.3) is 10.9 Å². The number of halogens is 1. The molecule has 2 heterocycles. The summed E-state index contributed by atoms with van der Waals surface area (Å²) in [5, 5.41) is 8.36. The van der Waals surface area contributed by atoms with Crippen LogP contribution in [-0.4, -0.2) is 89.4 Å². The third-order valence-corrected chi connectivity index (χ3v) is 7.33. The summed E-state index contributed by atoms with van der Waals surface area (Å²) in [5.74, 6) is 0.320. The molecule has 2 aromatic heterocycles. The normalized spacial score (nSPS) is 11.1. The molecule has 0 saturated heterocycles. The van der Waals surface area contributed by atoms with E-state index >= 15 is 0 Å². The summed E-state index contributed by atoms with van der Waals surface area (Å²) in [6.07, 6.45) is 6.48. The molecule has 0 unspecified atom stereocenters. The standard InChI is InChI=1S/C15H19N5.C14H22BrN3O2/c1-19(2)6-5-13-8-17-15-4-3-12(7-14(13)15)9-20-11-16-10-18-20;1-4-18(5-2)7-6-17-14(19)10-8-11(15)12(16)9-13(10)20-3/h3-4,7-8,10-11,17H,5-6,9H2,1-2H3;8-9H,4-7,16H2,1-3H3,(H,17,19). The predicted molar refractivity (Wildman–Crippen MR) is 165 cm³/mol. The Kier molecular flexibility index (Phi) is 12.0. The molecule has 4 aromatic rings. The molecule has 1 amide bonds. The molecule has 4 N–H and O–H groups in total. The number of fused-ring (bicyclic) bond motifs is 1. The fourth-order valence-corrected chi connectivity index (χ4v) is 4.60. The van der Waals surface area contributed by atoms with Gasteiger partial charge in [-0.2, -0.15) is 5.10 Å². The van der Waals surface area contributed by atoms with Crippen LogP contribution < -0.4 is 15.8 Å². The van der Waals surface area contributed by atoms with Gasteiger partial charge in [0.2, 0.25) is 0 Å². The highest BCUT2D eigenvalue weighted by Crippen LogP contribution is 2.29. The van der Waals surface area contributed by atoms with Crippen LogP contribution in [0, 0.1) is 0 Å². The summed E-state index contributed by atoms with van der Waals surface area (Å²) in [4.78, 5) is 23.9. The molecule has 0 aliphatic carbocycles. The van der Waals surface area contributed by atoms with Crippen LogP contribution in [0.1, 0.15) is 35.3 Å². The van der Waals surface area contributed by atoms with Crippen LogP contribution in [0.15, 0.2) is 53.7 Å². The number of likely N-dealkylation sites (N-methyl/N-ethyl adjacent to an activating group) is 2. The van der Waals surface area contributed by atoms with Crippen molar-refractivity contribution in [3.8, 4) is 5.75 Å². The molecule has 0 radical (unpaired) electrons. The molecule has 0 atom stereocenters. The van der Waals surface area contributed by atoms with E-state index in [9.17, 15) is 4.79 Å². The number of carbonyl (C=O) groups is 1. The second-order valence-corrected chi connectivity index (χ2v) is 10.6. The summed E-state index contributed by atoms with van der Waals surface area (Å²) in [5.41, 5.74) is 10.6. The van der Waals surface area contributed by atoms with Gasteiger partial charge < -0.3 is 30.6 Å². The van der Waals surface area contributed by atoms with Crippen molar-refractivity contribution in [1.82, 2.24) is 34.9 Å². The van der Waals surface area contributed by atoms with E-state index in [2.05, 4.69) is 98.5 Å². The van der Waals surface area contributed by atoms with E-state index in [4.69, 9.17) is 10.5 Å². The van der Waals surface area contributed by atoms with Gasteiger partial charge in [0.05, 0.1) is 19.2 Å². The number of anilines is 1. The van der Waals surface area contributed by atoms with E-state index in [1.807, 2.05) is 4.68 Å². The van der Waals surface area contributed by atoms with E-state index in [-0.39, 0.29) is 5.91 Å². The van der Waals surface area contributed by atoms with E-state index in [1.165, 1.54) is 29.1 Å². The molecule has 4 rings (SSSR count). The summed E-state index contributed by atoms with van der Waals surface area (Å²) in [7, 11) is 5.73. The van der Waals surface area contributed by atoms with E-state index in [0.29, 0.717) is 28.0 Å². The third-order valence-electron chi connectivity index (χ3n) is 6.64. The minimum atomic E-state index is -0.158. The molecule has 0 spiro atoms. The second-order valence-electron chi connectivity index (χ2n) is 9.70. The maximum atomic E-state index is 12.2. The van der Waals surface area contributed by atoms with E-state index < -0.39 is 0 Å². The molecule has 0 bridgehead atoms. The molecular formula is C29H41BrN8O2. The average molecular weight is 614 g/mol. The number of aromatic amines is 1. The van der Waals surface area contributed by atoms with Crippen molar-refractivity contribution in [1.29, 1.82) is 0 Å². The molecule has 2 aromatic carbocycles. The lowest BCUT2D eigenvalue weighted by Gasteiger charge is -2.18. The number of amides is 1. The molecular weight excluding hydrogens is 572 g/mol. The maximum Gasteiger partial charge on any atom is 0.255 e. The molecule has 0 fully saturated rings. The highest BCUT2D eigenvalue weighted by atomic mass is 79.9. The van der Waals surface area contributed by atoms with Crippen molar-refractivity contribution >= 4 is 38.4 Å². The van der Waals surface area contributed by atoms with Gasteiger partial charge in [-0.15, -0.1) is 0 Å². The number of nitrogens with zero attached hydrogens (tertiary/aromatic N) is 5. The van der Waals surface area contributed by atoms with Crippen LogP contribution >= 0.6 is 15.9 Å². The smallest absolute Gasteiger partial charge is 0.255 e. The number of methoxy groups -OCH3 is 1. The van der Waals surface area contributed by atoms with Crippen molar-refractivity contribution in [2.45, 2.75) is 26.8 Å². The summed E-state index contributed by atoms with van der Waals surface area (Å²) in [6, 6.07) is 9.85. The number of carbonyl (C=O) groups excluding carboxylic acids is 1. The number of H-pyrrole nitrogens is 1. The largest absolute Gasteiger partial charge is 0.496 e. The first-order valence-electron chi connectivity index (χ1n) is 13.4. The predicted octanol–water partition coefficient (Wildman–Crippen LogP) is 4.02. The average Bonchev–Trinajstić information content (AvgIpc) is 3.61. The second kappa shape index (κ2) is 15.4. The van der Waals surface area contributed by atoms with Gasteiger partial charge in [-0.25, -0.2) is 9.67 Å². The van der Waals surface area contributed by atoms with Crippen LogP contribution in [0.3, 0.4) is 0 Å². The summed E-state index contributed by atoms with van der Waals surface area (Å²) < 4.78 is 7.73. The Hall–Kier alpha value is -3.41. The molecule has 11 heteroatoms. The van der Waals surface area contributed by atoms with Gasteiger partial charge in [0.1, 0.15) is 18.4 Å². The first-order chi connectivity index (χ1) is 19.2. The molecule has 10 nitrogen and oxygen atoms in total. The number of benzene rings is 2. The van der Waals surface area contributed by atoms with E-state index in [1.54, 1.807) is 24.8 Å². The van der Waals surface area contributed by atoms with Crippen molar-refractivity contribution in [3.05, 3.63) is 70.3 Å². The zero-order chi connectivity index (χ0) is 29.1. The first kappa shape index (κ1) is 31.1. The van der Waals surface area contributed by atoms with Gasteiger partial charge in [-0.05, 0) is 78.9 Å². The zero-order valence-corrected chi connectivity index (χ0v) is 25.7. The number of nitrogens with one attached hydrogen (secondary N) is 2. The Bertz CT molecular complexity index is 1350. The number of nitrogen functional groups attached to an aromatic ring is 1. The van der Waals surface area contributed by atoms with Gasteiger partial charge in [-0.3, -0.25) is 4.79 Å². The highest BCUT2D eigenvalue weighted by Gasteiger charge is 2.14. The minimum absolute atomic E-state index is 0.158. The number of hydrogen-bond donors (Lipinski definition) is 3. The fourth-order valence-electron chi connectivity index (χ4n) is 4.25. The van der Waals surface area contributed by atoms with Crippen molar-refractivity contribution in [3.63, 3.8) is 0 Å². The van der Waals surface area contributed by atoms with Gasteiger partial charge in [0.25, 0.3) is 5.91 Å². The number of rotatable bonds is 12. The van der Waals surface area contributed by atoms with Gasteiger partial charge >= 0.3 is 0 Å². The fraction of sp³-hybridized carbons (Fsp3) is 0.414. The minimum Gasteiger partial charge on any atom is -0.496 e. The summed E-state index contributed by atoms with van der Waals surface area (Å²) in [6.45, 7) is 9.40. The number of aromatic nitrogens is 4. The third kappa shape index (κ3) is 8.80. The Balaban J connectivity index is 0.000000220. The Morgan fingerprint density at radius 2 is 1.95 bits per heavy atom. The Morgan fingerprint density at radius 3 is 2.60 bits per heavy atom. The monoisotopic (exact) mass is 612 g/mol. The molecule has 0 saturated carbocycles. The Morgan fingerprint density at radius 1 is 1.18 bits per heavy atom. The molecule has 0 aliphatic heterocycles. The topological polar surface area (TPSA) is 117 Å². The van der Waals surface area contributed by atoms with Crippen LogP contribution in [-0.2, 0) is 13.0 Å². The zero-order valence-electron chi connectivity index (χ0n) is 24.1. The number of nitrogens with two attached hydrogens (primary N) is 1. The summed E-state index contributed by atoms with van der Waals surface area (Å²) >= 11 is 3.32. The lowest BCUT2D eigenvalue weighted by Crippen LogP contribution is -2.34. The lowest BCUT2D eigenvalue weighted by atomic mass is 10.1. The van der Waals surface area contributed by atoms with Crippen LogP contribution in [0.2, 0.25) is 0 Å². The van der Waals surface area contributed by atoms with Crippen molar-refractivity contribution in [2.24, 2.45) is 0 Å². The van der Waals surface area contributed by atoms with Crippen LogP contribution in [0.4, 0.5) is 5.69 Å². The maximum absolute atomic E-state index is 12.2. The van der Waals surface area contributed by atoms with Gasteiger partial charge in [-0.1, -0.05) is 19.9 Å². The van der Waals surface area contributed by atoms with Crippen LogP contribution in [0.5, 0.6) is 5.75 Å².